The maximum Gasteiger partial charge on any atom is 0.422 e. The Morgan fingerprint density at radius 3 is 2.45 bits per heavy atom. The summed E-state index contributed by atoms with van der Waals surface area (Å²) in [4.78, 5) is 10.3. The molecule has 0 rings (SSSR count). The van der Waals surface area contributed by atoms with E-state index in [-0.39, 0.29) is 6.42 Å². The van der Waals surface area contributed by atoms with Crippen LogP contribution in [0.2, 0.25) is 0 Å². The molecule has 0 amide bonds. The maximum atomic E-state index is 11.4. The van der Waals surface area contributed by atoms with Crippen LogP contribution in [-0.4, -0.2) is 18.8 Å². The fourth-order valence-corrected chi connectivity index (χ4v) is 0.339. The van der Waals surface area contributed by atoms with Crippen LogP contribution in [-0.2, 0) is 9.53 Å². The molecule has 0 saturated carbocycles. The molecule has 2 nitrogen and oxygen atoms in total. The fraction of sp³-hybridized carbons (Fsp3) is 0.500. The number of halogens is 3. The van der Waals surface area contributed by atoms with Gasteiger partial charge < -0.3 is 4.74 Å². The molecule has 0 heterocycles. The Hall–Kier alpha value is -1.00. The van der Waals surface area contributed by atoms with E-state index in [0.717, 1.165) is 0 Å². The van der Waals surface area contributed by atoms with Gasteiger partial charge in [0.2, 0.25) is 0 Å². The maximum absolute atomic E-state index is 11.4. The lowest BCUT2D eigenvalue weighted by Gasteiger charge is -2.05. The highest BCUT2D eigenvalue weighted by molar-refractivity contribution is 5.70. The zero-order valence-electron chi connectivity index (χ0n) is 5.65. The molecule has 0 unspecified atom stereocenters. The van der Waals surface area contributed by atoms with Crippen molar-refractivity contribution in [2.75, 3.05) is 6.61 Å². The van der Waals surface area contributed by atoms with E-state index >= 15 is 0 Å². The van der Waals surface area contributed by atoms with Gasteiger partial charge in [0.05, 0.1) is 6.42 Å². The molecule has 5 heteroatoms. The zero-order chi connectivity index (χ0) is 8.91. The number of ether oxygens (including phenoxy) is 1. The highest BCUT2D eigenvalue weighted by Gasteiger charge is 2.29. The van der Waals surface area contributed by atoms with Crippen LogP contribution in [0.4, 0.5) is 13.2 Å². The average molecular weight is 168 g/mol. The van der Waals surface area contributed by atoms with Gasteiger partial charge in [-0.15, -0.1) is 6.58 Å². The predicted molar refractivity (Wildman–Crippen MR) is 31.8 cm³/mol. The first-order valence-corrected chi connectivity index (χ1v) is 2.79. The Morgan fingerprint density at radius 1 is 1.55 bits per heavy atom. The first-order valence-electron chi connectivity index (χ1n) is 2.79. The minimum absolute atomic E-state index is 0.198. The van der Waals surface area contributed by atoms with Gasteiger partial charge >= 0.3 is 12.1 Å². The molecule has 0 bridgehead atoms. The van der Waals surface area contributed by atoms with E-state index in [1.54, 1.807) is 0 Å². The van der Waals surface area contributed by atoms with Crippen molar-refractivity contribution < 1.29 is 22.7 Å². The largest absolute Gasteiger partial charge is 0.456 e. The highest BCUT2D eigenvalue weighted by Crippen LogP contribution is 2.14. The van der Waals surface area contributed by atoms with Crippen molar-refractivity contribution >= 4 is 5.97 Å². The van der Waals surface area contributed by atoms with Gasteiger partial charge in [0, 0.05) is 0 Å². The summed E-state index contributed by atoms with van der Waals surface area (Å²) in [6, 6.07) is 0. The Bertz CT molecular complexity index is 150. The number of hydrogen-bond donors (Lipinski definition) is 0. The third-order valence-corrected chi connectivity index (χ3v) is 0.708. The minimum Gasteiger partial charge on any atom is -0.456 e. The molecule has 11 heavy (non-hydrogen) atoms. The predicted octanol–water partition coefficient (Wildman–Crippen LogP) is 1.67. The quantitative estimate of drug-likeness (QED) is 0.473. The Labute approximate surface area is 61.6 Å². The lowest BCUT2D eigenvalue weighted by atomic mass is 10.4. The molecule has 0 atom stereocenters. The SMILES string of the molecule is C=CCC(=O)OCC(F)(F)F. The summed E-state index contributed by atoms with van der Waals surface area (Å²) < 4.78 is 37.9. The van der Waals surface area contributed by atoms with Gasteiger partial charge in [-0.2, -0.15) is 13.2 Å². The molecule has 0 fully saturated rings. The van der Waals surface area contributed by atoms with E-state index < -0.39 is 18.8 Å². The van der Waals surface area contributed by atoms with Crippen LogP contribution in [0, 0.1) is 0 Å². The van der Waals surface area contributed by atoms with E-state index in [2.05, 4.69) is 11.3 Å². The smallest absolute Gasteiger partial charge is 0.422 e. The summed E-state index contributed by atoms with van der Waals surface area (Å²) in [5.74, 6) is -0.919. The van der Waals surface area contributed by atoms with E-state index in [1.807, 2.05) is 0 Å². The van der Waals surface area contributed by atoms with Crippen LogP contribution < -0.4 is 0 Å². The van der Waals surface area contributed by atoms with Crippen molar-refractivity contribution in [1.82, 2.24) is 0 Å². The number of carbonyl (C=O) groups is 1. The second-order valence-corrected chi connectivity index (χ2v) is 1.77. The molecule has 0 aliphatic carbocycles. The molecule has 0 saturated heterocycles. The number of hydrogen-bond acceptors (Lipinski definition) is 2. The molecular formula is C6H7F3O2. The van der Waals surface area contributed by atoms with Crippen molar-refractivity contribution in [3.8, 4) is 0 Å². The number of rotatable bonds is 3. The van der Waals surface area contributed by atoms with Crippen LogP contribution in [0.5, 0.6) is 0 Å². The van der Waals surface area contributed by atoms with Gasteiger partial charge in [0.1, 0.15) is 0 Å². The van der Waals surface area contributed by atoms with Gasteiger partial charge in [-0.05, 0) is 0 Å². The standard InChI is InChI=1S/C6H7F3O2/c1-2-3-5(10)11-4-6(7,8)9/h2H,1,3-4H2. The Kier molecular flexibility index (Phi) is 3.64. The molecule has 64 valence electrons. The number of alkyl halides is 3. The normalized spacial score (nSPS) is 10.8. The topological polar surface area (TPSA) is 26.3 Å². The van der Waals surface area contributed by atoms with Gasteiger partial charge in [-0.1, -0.05) is 6.08 Å². The molecular weight excluding hydrogens is 161 g/mol. The lowest BCUT2D eigenvalue weighted by Crippen LogP contribution is -2.19. The summed E-state index contributed by atoms with van der Waals surface area (Å²) in [6.45, 7) is 1.63. The van der Waals surface area contributed by atoms with E-state index in [9.17, 15) is 18.0 Å². The van der Waals surface area contributed by atoms with Gasteiger partial charge in [0.15, 0.2) is 6.61 Å². The zero-order valence-corrected chi connectivity index (χ0v) is 5.65. The Morgan fingerprint density at radius 2 is 2.09 bits per heavy atom. The summed E-state index contributed by atoms with van der Waals surface area (Å²) in [6.07, 6.45) is -3.47. The van der Waals surface area contributed by atoms with Crippen molar-refractivity contribution in [3.63, 3.8) is 0 Å². The van der Waals surface area contributed by atoms with Gasteiger partial charge in [-0.3, -0.25) is 4.79 Å². The van der Waals surface area contributed by atoms with Crippen LogP contribution in [0.1, 0.15) is 6.42 Å². The monoisotopic (exact) mass is 168 g/mol. The third kappa shape index (κ3) is 6.89. The first-order chi connectivity index (χ1) is 4.95. The number of esters is 1. The third-order valence-electron chi connectivity index (χ3n) is 0.708. The van der Waals surface area contributed by atoms with E-state index in [1.165, 1.54) is 6.08 Å². The van der Waals surface area contributed by atoms with Crippen LogP contribution in [0.25, 0.3) is 0 Å². The first kappa shape index (κ1) is 10.0. The van der Waals surface area contributed by atoms with Crippen LogP contribution >= 0.6 is 0 Å². The Balaban J connectivity index is 3.54. The van der Waals surface area contributed by atoms with E-state index in [4.69, 9.17) is 0 Å². The average Bonchev–Trinajstić information content (AvgIpc) is 1.83. The van der Waals surface area contributed by atoms with E-state index in [0.29, 0.717) is 0 Å². The molecule has 0 aromatic rings. The minimum atomic E-state index is -4.45. The van der Waals surface area contributed by atoms with Gasteiger partial charge in [0.25, 0.3) is 0 Å². The highest BCUT2D eigenvalue weighted by atomic mass is 19.4. The molecule has 0 aliphatic rings. The summed E-state index contributed by atoms with van der Waals surface area (Å²) in [7, 11) is 0. The van der Waals surface area contributed by atoms with Crippen LogP contribution in [0.15, 0.2) is 12.7 Å². The van der Waals surface area contributed by atoms with Crippen molar-refractivity contribution in [2.24, 2.45) is 0 Å². The summed E-state index contributed by atoms with van der Waals surface area (Å²) >= 11 is 0. The second-order valence-electron chi connectivity index (χ2n) is 1.77. The second kappa shape index (κ2) is 4.00. The van der Waals surface area contributed by atoms with Crippen molar-refractivity contribution in [2.45, 2.75) is 12.6 Å². The molecule has 0 aromatic carbocycles. The summed E-state index contributed by atoms with van der Waals surface area (Å²) in [5, 5.41) is 0. The molecule has 0 aromatic heterocycles. The van der Waals surface area contributed by atoms with Crippen LogP contribution in [0.3, 0.4) is 0 Å². The molecule has 0 radical (unpaired) electrons. The van der Waals surface area contributed by atoms with Crippen molar-refractivity contribution in [1.29, 1.82) is 0 Å². The fourth-order valence-electron chi connectivity index (χ4n) is 0.339. The van der Waals surface area contributed by atoms with Gasteiger partial charge in [-0.25, -0.2) is 0 Å². The lowest BCUT2D eigenvalue weighted by molar-refractivity contribution is -0.185. The van der Waals surface area contributed by atoms with Crippen molar-refractivity contribution in [3.05, 3.63) is 12.7 Å². The number of carbonyl (C=O) groups excluding carboxylic acids is 1. The summed E-state index contributed by atoms with van der Waals surface area (Å²) in [5.41, 5.74) is 0. The molecule has 0 N–H and O–H groups in total. The molecule has 0 aliphatic heterocycles. The molecule has 0 spiro atoms.